The second-order valence-corrected chi connectivity index (χ2v) is 8.80. The van der Waals surface area contributed by atoms with Crippen molar-refractivity contribution in [2.24, 2.45) is 0 Å². The van der Waals surface area contributed by atoms with Gasteiger partial charge in [0.15, 0.2) is 0 Å². The molecule has 0 saturated heterocycles. The second-order valence-electron chi connectivity index (χ2n) is 5.44. The topological polar surface area (TPSA) is 0 Å². The predicted molar refractivity (Wildman–Crippen MR) is 71.6 cm³/mol. The molecule has 3 heteroatoms. The fraction of sp³-hybridized carbons (Fsp3) is 0.500. The van der Waals surface area contributed by atoms with Crippen LogP contribution >= 0.6 is 0 Å². The summed E-state index contributed by atoms with van der Waals surface area (Å²) in [6, 6.07) is 0. The Morgan fingerprint density at radius 3 is 1.74 bits per heavy atom. The quantitative estimate of drug-likeness (QED) is 0.591. The molecule has 0 aromatic carbocycles. The van der Waals surface area contributed by atoms with Crippen molar-refractivity contribution in [3.8, 4) is 0 Å². The van der Waals surface area contributed by atoms with E-state index >= 15 is 0 Å². The van der Waals surface area contributed by atoms with Crippen LogP contribution in [0.25, 0.3) is 0 Å². The Hall–Kier alpha value is 0.423. The van der Waals surface area contributed by atoms with Crippen LogP contribution < -0.4 is 24.8 Å². The van der Waals surface area contributed by atoms with Gasteiger partial charge < -0.3 is 24.8 Å². The van der Waals surface area contributed by atoms with E-state index in [0.717, 1.165) is 3.63 Å². The van der Waals surface area contributed by atoms with Gasteiger partial charge in [0, 0.05) is 0 Å². The number of halogens is 2. The smallest absolute Gasteiger partial charge is 1.00 e. The maximum absolute atomic E-state index is 2.41. The molecule has 104 valence electrons. The maximum Gasteiger partial charge on any atom is -1.00 e. The van der Waals surface area contributed by atoms with Crippen LogP contribution in [-0.2, 0) is 23.2 Å². The molecule has 0 saturated carbocycles. The minimum Gasteiger partial charge on any atom is -1.00 e. The summed E-state index contributed by atoms with van der Waals surface area (Å²) in [5.74, 6) is 0. The zero-order valence-corrected chi connectivity index (χ0v) is 16.6. The van der Waals surface area contributed by atoms with E-state index in [9.17, 15) is 0 Å². The Kier molecular flexibility index (Phi) is 7.60. The monoisotopic (exact) mass is 374 g/mol. The van der Waals surface area contributed by atoms with E-state index in [-0.39, 0.29) is 24.8 Å². The molecule has 0 heterocycles. The van der Waals surface area contributed by atoms with Gasteiger partial charge >= 0.3 is 118 Å². The van der Waals surface area contributed by atoms with Gasteiger partial charge in [-0.3, -0.25) is 0 Å². The average molecular weight is 376 g/mol. The molecule has 0 unspecified atom stereocenters. The molecule has 0 aromatic heterocycles. The number of hydrogen-bond donors (Lipinski definition) is 0. The van der Waals surface area contributed by atoms with Gasteiger partial charge in [-0.2, -0.15) is 0 Å². The third kappa shape index (κ3) is 3.55. The summed E-state index contributed by atoms with van der Waals surface area (Å²) in [5.41, 5.74) is 9.67. The van der Waals surface area contributed by atoms with Crippen LogP contribution in [0.1, 0.15) is 48.0 Å². The molecule has 0 N–H and O–H groups in total. The first-order valence-corrected chi connectivity index (χ1v) is 9.06. The number of hydrogen-bond acceptors (Lipinski definition) is 0. The van der Waals surface area contributed by atoms with Gasteiger partial charge in [-0.15, -0.1) is 0 Å². The molecule has 0 amide bonds. The number of rotatable bonds is 2. The van der Waals surface area contributed by atoms with Gasteiger partial charge in [0.05, 0.1) is 0 Å². The first kappa shape index (κ1) is 19.4. The molecule has 0 atom stereocenters. The summed E-state index contributed by atoms with van der Waals surface area (Å²) in [6.45, 7) is 13.9. The summed E-state index contributed by atoms with van der Waals surface area (Å²) in [6.07, 6.45) is 3.62. The Morgan fingerprint density at radius 2 is 1.37 bits per heavy atom. The molecule has 0 aromatic rings. The molecule has 0 radical (unpaired) electrons. The molecule has 2 aliphatic rings. The van der Waals surface area contributed by atoms with Crippen molar-refractivity contribution in [3.63, 3.8) is 0 Å². The van der Waals surface area contributed by atoms with Gasteiger partial charge in [0.25, 0.3) is 0 Å². The average Bonchev–Trinajstić information content (AvgIpc) is 2.70. The van der Waals surface area contributed by atoms with Crippen molar-refractivity contribution in [1.82, 2.24) is 0 Å². The molecular weight excluding hydrogens is 354 g/mol. The third-order valence-corrected chi connectivity index (χ3v) is 10.0. The van der Waals surface area contributed by atoms with Crippen LogP contribution in [0.5, 0.6) is 0 Å². The van der Waals surface area contributed by atoms with Crippen LogP contribution in [0.3, 0.4) is 0 Å². The fourth-order valence-corrected chi connectivity index (χ4v) is 7.30. The Morgan fingerprint density at radius 1 is 0.895 bits per heavy atom. The van der Waals surface area contributed by atoms with E-state index in [1.165, 1.54) is 6.42 Å². The summed E-state index contributed by atoms with van der Waals surface area (Å²) in [7, 11) is 0. The van der Waals surface area contributed by atoms with Crippen LogP contribution in [0.4, 0.5) is 0 Å². The van der Waals surface area contributed by atoms with Crippen LogP contribution in [-0.4, -0.2) is 0 Å². The second kappa shape index (κ2) is 7.44. The van der Waals surface area contributed by atoms with E-state index in [1.807, 2.05) is 0 Å². The van der Waals surface area contributed by atoms with Crippen molar-refractivity contribution in [2.75, 3.05) is 0 Å². The normalized spacial score (nSPS) is 19.4. The van der Waals surface area contributed by atoms with Crippen molar-refractivity contribution in [2.45, 2.75) is 51.6 Å². The maximum atomic E-state index is 2.41. The minimum absolute atomic E-state index is 0. The summed E-state index contributed by atoms with van der Waals surface area (Å²) >= 11 is -0.508. The molecule has 2 aliphatic carbocycles. The van der Waals surface area contributed by atoms with Gasteiger partial charge in [-0.25, -0.2) is 0 Å². The first-order valence-electron chi connectivity index (χ1n) is 6.42. The summed E-state index contributed by atoms with van der Waals surface area (Å²) in [4.78, 5) is 0. The van der Waals surface area contributed by atoms with Crippen molar-refractivity contribution in [3.05, 3.63) is 42.8 Å². The van der Waals surface area contributed by atoms with Crippen LogP contribution in [0.15, 0.2) is 42.8 Å². The van der Waals surface area contributed by atoms with E-state index in [0.29, 0.717) is 0 Å². The zero-order chi connectivity index (χ0) is 12.7. The number of allylic oxidation sites excluding steroid dienone is 8. The van der Waals surface area contributed by atoms with E-state index in [1.54, 1.807) is 36.7 Å². The van der Waals surface area contributed by atoms with Gasteiger partial charge in [-0.1, -0.05) is 0 Å². The Balaban J connectivity index is 0.00000162. The van der Waals surface area contributed by atoms with Crippen LogP contribution in [0, 0.1) is 0 Å². The minimum atomic E-state index is -0.508. The van der Waals surface area contributed by atoms with E-state index in [2.05, 4.69) is 47.6 Å². The zero-order valence-electron chi connectivity index (χ0n) is 12.6. The molecule has 0 spiro atoms. The van der Waals surface area contributed by atoms with Crippen molar-refractivity contribution in [1.29, 1.82) is 0 Å². The molecule has 0 nitrogen and oxygen atoms in total. The van der Waals surface area contributed by atoms with Gasteiger partial charge in [-0.05, 0) is 0 Å². The fourth-order valence-electron chi connectivity index (χ4n) is 2.79. The molecule has 0 fully saturated rings. The Labute approximate surface area is 141 Å². The summed E-state index contributed by atoms with van der Waals surface area (Å²) < 4.78 is 2.60. The third-order valence-electron chi connectivity index (χ3n) is 4.44. The standard InChI is InChI=1S/C9H13.C7H9.2ClH.Zr/c1-6-5-7(2)9(4)8(6)3;1-6-3-4-7(2)5-6;;;/h5H,1-4H3;3H,4H2,1-2H3;2*1H;/q;;;;+2/p-2. The van der Waals surface area contributed by atoms with Gasteiger partial charge in [0.2, 0.25) is 0 Å². The summed E-state index contributed by atoms with van der Waals surface area (Å²) in [5, 5.41) is 0. The SMILES string of the molecule is CC1=CCC(C)=[C]1[Zr+2][CH]1C(C)=C(C)C(C)=C1C.[Cl-].[Cl-]. The van der Waals surface area contributed by atoms with E-state index < -0.39 is 23.2 Å². The van der Waals surface area contributed by atoms with Crippen LogP contribution in [0.2, 0.25) is 3.63 Å². The molecule has 0 bridgehead atoms. The van der Waals surface area contributed by atoms with Crippen molar-refractivity contribution >= 4 is 0 Å². The predicted octanol–water partition coefficient (Wildman–Crippen LogP) is -0.824. The first-order chi connectivity index (χ1) is 7.93. The largest absolute Gasteiger partial charge is 1.00 e. The molecule has 2 rings (SSSR count). The molecule has 19 heavy (non-hydrogen) atoms. The van der Waals surface area contributed by atoms with Crippen molar-refractivity contribution < 1.29 is 48.0 Å². The van der Waals surface area contributed by atoms with E-state index in [4.69, 9.17) is 0 Å². The molecular formula is C16H22Cl2Zr. The van der Waals surface area contributed by atoms with Gasteiger partial charge in [0.1, 0.15) is 0 Å². The molecule has 0 aliphatic heterocycles. The Bertz CT molecular complexity index is 469.